The molecule has 0 fully saturated rings. The van der Waals surface area contributed by atoms with E-state index >= 15 is 0 Å². The Balaban J connectivity index is 2.15. The molecule has 0 aliphatic rings. The highest BCUT2D eigenvalue weighted by atomic mass is 32.1. The van der Waals surface area contributed by atoms with Crippen LogP contribution in [0.3, 0.4) is 0 Å². The fraction of sp³-hybridized carbons (Fsp3) is 0.167. The van der Waals surface area contributed by atoms with Crippen LogP contribution in [-0.2, 0) is 6.42 Å². The van der Waals surface area contributed by atoms with E-state index in [2.05, 4.69) is 15.5 Å². The molecule has 0 saturated carbocycles. The molecule has 2 aromatic rings. The van der Waals surface area contributed by atoms with Gasteiger partial charge in [0.15, 0.2) is 0 Å². The van der Waals surface area contributed by atoms with Crippen LogP contribution in [0, 0.1) is 0 Å². The van der Waals surface area contributed by atoms with Crippen LogP contribution in [0.1, 0.15) is 32.6 Å². The number of hydrogen-bond acceptors (Lipinski definition) is 5. The molecule has 1 aromatic heterocycles. The van der Waals surface area contributed by atoms with Crippen molar-refractivity contribution in [3.8, 4) is 0 Å². The van der Waals surface area contributed by atoms with Crippen molar-refractivity contribution in [3.63, 3.8) is 0 Å². The number of amides is 1. The summed E-state index contributed by atoms with van der Waals surface area (Å²) >= 11 is 1.30. The maximum absolute atomic E-state index is 11.9. The third-order valence-corrected chi connectivity index (χ3v) is 3.34. The van der Waals surface area contributed by atoms with Crippen molar-refractivity contribution >= 4 is 28.3 Å². The molecule has 0 radical (unpaired) electrons. The fourth-order valence-corrected chi connectivity index (χ4v) is 2.08. The second kappa shape index (κ2) is 5.57. The fourth-order valence-electron chi connectivity index (χ4n) is 1.41. The Bertz CT molecular complexity index is 624. The summed E-state index contributed by atoms with van der Waals surface area (Å²) in [5.41, 5.74) is 0.340. The van der Waals surface area contributed by atoms with Gasteiger partial charge in [-0.2, -0.15) is 0 Å². The largest absolute Gasteiger partial charge is 0.478 e. The number of carbonyl (C=O) groups is 2. The lowest BCUT2D eigenvalue weighted by atomic mass is 10.1. The first kappa shape index (κ1) is 13.2. The van der Waals surface area contributed by atoms with Gasteiger partial charge in [0.2, 0.25) is 5.13 Å². The number of nitrogens with one attached hydrogen (secondary N) is 1. The zero-order valence-corrected chi connectivity index (χ0v) is 10.9. The van der Waals surface area contributed by atoms with Crippen LogP contribution in [0.15, 0.2) is 24.3 Å². The van der Waals surface area contributed by atoms with Crippen molar-refractivity contribution in [2.45, 2.75) is 13.3 Å². The zero-order chi connectivity index (χ0) is 13.8. The van der Waals surface area contributed by atoms with E-state index in [-0.39, 0.29) is 11.1 Å². The molecule has 0 spiro atoms. The summed E-state index contributed by atoms with van der Waals surface area (Å²) in [4.78, 5) is 22.7. The molecular formula is C12H11N3O3S. The summed E-state index contributed by atoms with van der Waals surface area (Å²) in [6.07, 6.45) is 0.752. The Morgan fingerprint density at radius 2 is 2.05 bits per heavy atom. The van der Waals surface area contributed by atoms with Crippen LogP contribution in [0.2, 0.25) is 0 Å². The molecular weight excluding hydrogens is 266 g/mol. The SMILES string of the molecule is CCc1nnc(NC(=O)c2cccc(C(=O)O)c2)s1. The Labute approximate surface area is 113 Å². The predicted octanol–water partition coefficient (Wildman–Crippen LogP) is 2.05. The minimum absolute atomic E-state index is 0.0687. The van der Waals surface area contributed by atoms with Crippen LogP contribution in [0.4, 0.5) is 5.13 Å². The number of nitrogens with zero attached hydrogens (tertiary/aromatic N) is 2. The van der Waals surface area contributed by atoms with Crippen LogP contribution in [0.25, 0.3) is 0 Å². The van der Waals surface area contributed by atoms with Gasteiger partial charge >= 0.3 is 5.97 Å². The molecule has 0 aliphatic heterocycles. The Kier molecular flexibility index (Phi) is 3.86. The Morgan fingerprint density at radius 3 is 2.68 bits per heavy atom. The van der Waals surface area contributed by atoms with Crippen LogP contribution in [-0.4, -0.2) is 27.2 Å². The number of carboxylic acids is 1. The third kappa shape index (κ3) is 3.14. The first-order valence-corrected chi connectivity index (χ1v) is 6.39. The molecule has 0 unspecified atom stereocenters. The van der Waals surface area contributed by atoms with Gasteiger partial charge in [0, 0.05) is 5.56 Å². The molecule has 0 aliphatic carbocycles. The van der Waals surface area contributed by atoms with E-state index in [1.165, 1.54) is 29.5 Å². The maximum Gasteiger partial charge on any atom is 0.335 e. The lowest BCUT2D eigenvalue weighted by Crippen LogP contribution is -2.12. The second-order valence-electron chi connectivity index (χ2n) is 3.69. The predicted molar refractivity (Wildman–Crippen MR) is 70.6 cm³/mol. The summed E-state index contributed by atoms with van der Waals surface area (Å²) in [5, 5.41) is 20.4. The van der Waals surface area contributed by atoms with E-state index in [9.17, 15) is 9.59 Å². The number of anilines is 1. The van der Waals surface area contributed by atoms with E-state index in [0.717, 1.165) is 11.4 Å². The third-order valence-electron chi connectivity index (χ3n) is 2.36. The normalized spacial score (nSPS) is 10.2. The number of hydrogen-bond donors (Lipinski definition) is 2. The van der Waals surface area contributed by atoms with Crippen molar-refractivity contribution in [2.75, 3.05) is 5.32 Å². The van der Waals surface area contributed by atoms with Crippen molar-refractivity contribution in [2.24, 2.45) is 0 Å². The molecule has 7 heteroatoms. The summed E-state index contributed by atoms with van der Waals surface area (Å²) in [6.45, 7) is 1.95. The molecule has 1 amide bonds. The van der Waals surface area contributed by atoms with E-state index < -0.39 is 11.9 Å². The molecule has 98 valence electrons. The van der Waals surface area contributed by atoms with Gasteiger partial charge in [-0.15, -0.1) is 10.2 Å². The van der Waals surface area contributed by atoms with Gasteiger partial charge in [-0.3, -0.25) is 10.1 Å². The van der Waals surface area contributed by atoms with Gasteiger partial charge < -0.3 is 5.11 Å². The quantitative estimate of drug-likeness (QED) is 0.892. The number of aryl methyl sites for hydroxylation is 1. The highest BCUT2D eigenvalue weighted by molar-refractivity contribution is 7.15. The number of aromatic nitrogens is 2. The maximum atomic E-state index is 11.9. The van der Waals surface area contributed by atoms with Crippen LogP contribution >= 0.6 is 11.3 Å². The van der Waals surface area contributed by atoms with Crippen LogP contribution < -0.4 is 5.32 Å². The standard InChI is InChI=1S/C12H11N3O3S/c1-2-9-14-15-12(19-9)13-10(16)7-4-3-5-8(6-7)11(17)18/h3-6H,2H2,1H3,(H,17,18)(H,13,15,16). The van der Waals surface area contributed by atoms with Gasteiger partial charge in [0.05, 0.1) is 5.56 Å². The number of benzene rings is 1. The second-order valence-corrected chi connectivity index (χ2v) is 4.76. The Hall–Kier alpha value is -2.28. The molecule has 1 aromatic carbocycles. The van der Waals surface area contributed by atoms with Crippen molar-refractivity contribution in [3.05, 3.63) is 40.4 Å². The van der Waals surface area contributed by atoms with Gasteiger partial charge in [0.25, 0.3) is 5.91 Å². The minimum Gasteiger partial charge on any atom is -0.478 e. The van der Waals surface area contributed by atoms with Crippen molar-refractivity contribution in [1.29, 1.82) is 0 Å². The van der Waals surface area contributed by atoms with Gasteiger partial charge in [-0.05, 0) is 24.6 Å². The molecule has 0 bridgehead atoms. The monoisotopic (exact) mass is 277 g/mol. The number of carboxylic acid groups (broad SMARTS) is 1. The van der Waals surface area contributed by atoms with Gasteiger partial charge in [-0.25, -0.2) is 4.79 Å². The average Bonchev–Trinajstić information content (AvgIpc) is 2.86. The highest BCUT2D eigenvalue weighted by Crippen LogP contribution is 2.16. The van der Waals surface area contributed by atoms with E-state index in [4.69, 9.17) is 5.11 Å². The topological polar surface area (TPSA) is 92.2 Å². The summed E-state index contributed by atoms with van der Waals surface area (Å²) in [7, 11) is 0. The summed E-state index contributed by atoms with van der Waals surface area (Å²) < 4.78 is 0. The van der Waals surface area contributed by atoms with E-state index in [1.54, 1.807) is 6.07 Å². The summed E-state index contributed by atoms with van der Waals surface area (Å²) in [5.74, 6) is -1.47. The Morgan fingerprint density at radius 1 is 1.32 bits per heavy atom. The van der Waals surface area contributed by atoms with Crippen molar-refractivity contribution in [1.82, 2.24) is 10.2 Å². The van der Waals surface area contributed by atoms with Crippen molar-refractivity contribution < 1.29 is 14.7 Å². The zero-order valence-electron chi connectivity index (χ0n) is 10.1. The lowest BCUT2D eigenvalue weighted by Gasteiger charge is -2.02. The number of aromatic carboxylic acids is 1. The number of rotatable bonds is 4. The average molecular weight is 277 g/mol. The minimum atomic E-state index is -1.07. The molecule has 2 rings (SSSR count). The van der Waals surface area contributed by atoms with Gasteiger partial charge in [-0.1, -0.05) is 24.3 Å². The first-order chi connectivity index (χ1) is 9.10. The lowest BCUT2D eigenvalue weighted by molar-refractivity contribution is 0.0697. The molecule has 0 saturated heterocycles. The number of carbonyl (C=O) groups excluding carboxylic acids is 1. The molecule has 0 atom stereocenters. The van der Waals surface area contributed by atoms with Crippen LogP contribution in [0.5, 0.6) is 0 Å². The molecule has 6 nitrogen and oxygen atoms in total. The smallest absolute Gasteiger partial charge is 0.335 e. The molecule has 19 heavy (non-hydrogen) atoms. The van der Waals surface area contributed by atoms with Gasteiger partial charge in [0.1, 0.15) is 5.01 Å². The first-order valence-electron chi connectivity index (χ1n) is 5.57. The van der Waals surface area contributed by atoms with E-state index in [0.29, 0.717) is 5.13 Å². The van der Waals surface area contributed by atoms with E-state index in [1.807, 2.05) is 6.92 Å². The summed E-state index contributed by atoms with van der Waals surface area (Å²) in [6, 6.07) is 5.82. The molecule has 2 N–H and O–H groups in total. The molecule has 1 heterocycles. The highest BCUT2D eigenvalue weighted by Gasteiger charge is 2.11.